The van der Waals surface area contributed by atoms with Crippen molar-refractivity contribution in [3.63, 3.8) is 0 Å². The summed E-state index contributed by atoms with van der Waals surface area (Å²) in [5, 5.41) is 0. The molecular formula is C21H19FN4O3. The molecule has 148 valence electrons. The van der Waals surface area contributed by atoms with Crippen LogP contribution in [-0.4, -0.2) is 57.2 Å². The van der Waals surface area contributed by atoms with E-state index in [0.29, 0.717) is 37.4 Å². The van der Waals surface area contributed by atoms with Gasteiger partial charge in [-0.2, -0.15) is 0 Å². The van der Waals surface area contributed by atoms with Gasteiger partial charge in [0.1, 0.15) is 17.0 Å². The number of amides is 2. The maximum atomic E-state index is 13.0. The van der Waals surface area contributed by atoms with Crippen LogP contribution in [-0.2, 0) is 0 Å². The lowest BCUT2D eigenvalue weighted by atomic mass is 10.1. The average molecular weight is 394 g/mol. The number of benzene rings is 1. The minimum absolute atomic E-state index is 0.00594. The second-order valence-electron chi connectivity index (χ2n) is 7.00. The lowest BCUT2D eigenvalue weighted by Crippen LogP contribution is -2.51. The molecule has 1 aliphatic heterocycles. The molecule has 4 rings (SSSR count). The summed E-state index contributed by atoms with van der Waals surface area (Å²) >= 11 is 0. The number of pyridine rings is 1. The van der Waals surface area contributed by atoms with Crippen molar-refractivity contribution in [1.82, 2.24) is 19.2 Å². The lowest BCUT2D eigenvalue weighted by molar-refractivity contribution is 0.0534. The van der Waals surface area contributed by atoms with E-state index < -0.39 is 17.3 Å². The van der Waals surface area contributed by atoms with Crippen LogP contribution >= 0.6 is 0 Å². The lowest BCUT2D eigenvalue weighted by Gasteiger charge is -2.34. The largest absolute Gasteiger partial charge is 0.335 e. The van der Waals surface area contributed by atoms with Gasteiger partial charge in [-0.3, -0.25) is 18.8 Å². The van der Waals surface area contributed by atoms with Gasteiger partial charge in [0.25, 0.3) is 17.4 Å². The molecule has 7 nitrogen and oxygen atoms in total. The van der Waals surface area contributed by atoms with E-state index in [2.05, 4.69) is 4.98 Å². The summed E-state index contributed by atoms with van der Waals surface area (Å²) in [6.07, 6.45) is 2.96. The number of fused-ring (bicyclic) bond motifs is 1. The Morgan fingerprint density at radius 1 is 0.931 bits per heavy atom. The SMILES string of the molecule is Cc1ccc2ncc(C(=O)N3CCN(C(=O)c4ccc(F)cc4)CC3)c(=O)n2c1. The summed E-state index contributed by atoms with van der Waals surface area (Å²) in [4.78, 5) is 45.5. The molecule has 0 unspecified atom stereocenters. The van der Waals surface area contributed by atoms with Crippen LogP contribution in [0.5, 0.6) is 0 Å². The van der Waals surface area contributed by atoms with E-state index in [1.807, 2.05) is 13.0 Å². The normalized spacial score (nSPS) is 14.3. The number of piperazine rings is 1. The molecule has 1 aromatic carbocycles. The fourth-order valence-electron chi connectivity index (χ4n) is 3.39. The molecule has 3 aromatic rings. The molecule has 0 atom stereocenters. The van der Waals surface area contributed by atoms with Crippen molar-refractivity contribution in [2.45, 2.75) is 6.92 Å². The number of aryl methyl sites for hydroxylation is 1. The van der Waals surface area contributed by atoms with E-state index in [1.54, 1.807) is 22.1 Å². The standard InChI is InChI=1S/C21H19FN4O3/c1-14-2-7-18-23-12-17(21(29)26(18)13-14)20(28)25-10-8-24(9-11-25)19(27)15-3-5-16(22)6-4-15/h2-7,12-13H,8-11H2,1H3. The first-order valence-electron chi connectivity index (χ1n) is 9.26. The third kappa shape index (κ3) is 3.61. The van der Waals surface area contributed by atoms with E-state index in [9.17, 15) is 18.8 Å². The average Bonchev–Trinajstić information content (AvgIpc) is 2.74. The molecule has 1 saturated heterocycles. The number of nitrogens with zero attached hydrogens (tertiary/aromatic N) is 4. The number of carbonyl (C=O) groups is 2. The zero-order chi connectivity index (χ0) is 20.5. The van der Waals surface area contributed by atoms with E-state index in [-0.39, 0.29) is 11.5 Å². The molecule has 0 spiro atoms. The van der Waals surface area contributed by atoms with Crippen molar-refractivity contribution in [1.29, 1.82) is 0 Å². The van der Waals surface area contributed by atoms with Crippen LogP contribution in [0.3, 0.4) is 0 Å². The van der Waals surface area contributed by atoms with Gasteiger partial charge in [-0.05, 0) is 42.8 Å². The van der Waals surface area contributed by atoms with Gasteiger partial charge in [0.2, 0.25) is 0 Å². The van der Waals surface area contributed by atoms with Crippen LogP contribution in [0.4, 0.5) is 4.39 Å². The van der Waals surface area contributed by atoms with Gasteiger partial charge in [-0.1, -0.05) is 6.07 Å². The zero-order valence-electron chi connectivity index (χ0n) is 15.8. The van der Waals surface area contributed by atoms with Gasteiger partial charge in [0.05, 0.1) is 0 Å². The Morgan fingerprint density at radius 2 is 1.55 bits per heavy atom. The molecule has 3 heterocycles. The van der Waals surface area contributed by atoms with E-state index in [0.717, 1.165) is 5.56 Å². The first-order valence-corrected chi connectivity index (χ1v) is 9.26. The Labute approximate surface area is 166 Å². The maximum Gasteiger partial charge on any atom is 0.270 e. The van der Waals surface area contributed by atoms with Crippen molar-refractivity contribution < 1.29 is 14.0 Å². The molecule has 0 saturated carbocycles. The fraction of sp³-hybridized carbons (Fsp3) is 0.238. The smallest absolute Gasteiger partial charge is 0.270 e. The van der Waals surface area contributed by atoms with Crippen LogP contribution in [0.15, 0.2) is 53.6 Å². The van der Waals surface area contributed by atoms with Gasteiger partial charge in [-0.15, -0.1) is 0 Å². The predicted molar refractivity (Wildman–Crippen MR) is 104 cm³/mol. The highest BCUT2D eigenvalue weighted by Crippen LogP contribution is 2.12. The van der Waals surface area contributed by atoms with Crippen LogP contribution in [0.25, 0.3) is 5.65 Å². The van der Waals surface area contributed by atoms with Gasteiger partial charge in [0.15, 0.2) is 0 Å². The third-order valence-electron chi connectivity index (χ3n) is 5.03. The second-order valence-corrected chi connectivity index (χ2v) is 7.00. The van der Waals surface area contributed by atoms with Crippen molar-refractivity contribution in [2.75, 3.05) is 26.2 Å². The number of hydrogen-bond acceptors (Lipinski definition) is 4. The highest BCUT2D eigenvalue weighted by atomic mass is 19.1. The van der Waals surface area contributed by atoms with Crippen molar-refractivity contribution >= 4 is 17.5 Å². The monoisotopic (exact) mass is 394 g/mol. The summed E-state index contributed by atoms with van der Waals surface area (Å²) in [5.74, 6) is -1.00. The van der Waals surface area contributed by atoms with E-state index >= 15 is 0 Å². The number of rotatable bonds is 2. The highest BCUT2D eigenvalue weighted by Gasteiger charge is 2.27. The molecule has 8 heteroatoms. The molecule has 29 heavy (non-hydrogen) atoms. The van der Waals surface area contributed by atoms with Gasteiger partial charge in [0, 0.05) is 44.1 Å². The number of aromatic nitrogens is 2. The Balaban J connectivity index is 1.49. The second kappa shape index (κ2) is 7.46. The number of hydrogen-bond donors (Lipinski definition) is 0. The van der Waals surface area contributed by atoms with Gasteiger partial charge < -0.3 is 9.80 Å². The van der Waals surface area contributed by atoms with Crippen molar-refractivity contribution in [3.05, 3.63) is 81.7 Å². The summed E-state index contributed by atoms with van der Waals surface area (Å²) in [5.41, 5.74) is 1.37. The maximum absolute atomic E-state index is 13.0. The molecule has 0 bridgehead atoms. The highest BCUT2D eigenvalue weighted by molar-refractivity contribution is 5.95. The fourth-order valence-corrected chi connectivity index (χ4v) is 3.39. The van der Waals surface area contributed by atoms with Crippen LogP contribution < -0.4 is 5.56 Å². The van der Waals surface area contributed by atoms with E-state index in [4.69, 9.17) is 0 Å². The van der Waals surface area contributed by atoms with Crippen molar-refractivity contribution in [3.8, 4) is 0 Å². The topological polar surface area (TPSA) is 75.0 Å². The summed E-state index contributed by atoms with van der Waals surface area (Å²) in [7, 11) is 0. The van der Waals surface area contributed by atoms with Gasteiger partial charge in [-0.25, -0.2) is 9.37 Å². The van der Waals surface area contributed by atoms with E-state index in [1.165, 1.54) is 34.9 Å². The van der Waals surface area contributed by atoms with Crippen LogP contribution in [0.2, 0.25) is 0 Å². The Bertz CT molecular complexity index is 1150. The molecule has 1 aliphatic rings. The Hall–Kier alpha value is -3.55. The Morgan fingerprint density at radius 3 is 2.21 bits per heavy atom. The zero-order valence-corrected chi connectivity index (χ0v) is 15.8. The summed E-state index contributed by atoms with van der Waals surface area (Å²) in [6.45, 7) is 3.15. The first kappa shape index (κ1) is 18.8. The number of halogens is 1. The molecule has 2 amide bonds. The van der Waals surface area contributed by atoms with Gasteiger partial charge >= 0.3 is 0 Å². The third-order valence-corrected chi connectivity index (χ3v) is 5.03. The first-order chi connectivity index (χ1) is 13.9. The van der Waals surface area contributed by atoms with Crippen molar-refractivity contribution in [2.24, 2.45) is 0 Å². The summed E-state index contributed by atoms with van der Waals surface area (Å²) < 4.78 is 14.4. The Kier molecular flexibility index (Phi) is 4.84. The molecule has 0 aliphatic carbocycles. The molecule has 1 fully saturated rings. The summed E-state index contributed by atoms with van der Waals surface area (Å²) in [6, 6.07) is 8.95. The minimum Gasteiger partial charge on any atom is -0.335 e. The number of carbonyl (C=O) groups excluding carboxylic acids is 2. The predicted octanol–water partition coefficient (Wildman–Crippen LogP) is 1.74. The minimum atomic E-state index is -0.409. The molecular weight excluding hydrogens is 375 g/mol. The molecule has 2 aromatic heterocycles. The van der Waals surface area contributed by atoms with Crippen LogP contribution in [0.1, 0.15) is 26.3 Å². The molecule has 0 radical (unpaired) electrons. The quantitative estimate of drug-likeness (QED) is 0.664. The molecule has 0 N–H and O–H groups in total. The van der Waals surface area contributed by atoms with Crippen LogP contribution in [0, 0.1) is 12.7 Å².